The van der Waals surface area contributed by atoms with Gasteiger partial charge in [0.05, 0.1) is 12.2 Å². The SMILES string of the molecule is CCCOc1ccccc1C1(O)CCC(NCC)CC1. The van der Waals surface area contributed by atoms with Crippen LogP contribution in [0.15, 0.2) is 24.3 Å². The Hall–Kier alpha value is -1.06. The van der Waals surface area contributed by atoms with Crippen LogP contribution in [-0.4, -0.2) is 24.3 Å². The second-order valence-electron chi connectivity index (χ2n) is 5.71. The van der Waals surface area contributed by atoms with Gasteiger partial charge in [0.15, 0.2) is 0 Å². The normalized spacial score (nSPS) is 26.4. The molecule has 3 nitrogen and oxygen atoms in total. The molecule has 0 bridgehead atoms. The lowest BCUT2D eigenvalue weighted by Crippen LogP contribution is -2.39. The Morgan fingerprint density at radius 1 is 1.25 bits per heavy atom. The Labute approximate surface area is 122 Å². The molecule has 112 valence electrons. The van der Waals surface area contributed by atoms with Crippen molar-refractivity contribution in [1.82, 2.24) is 5.32 Å². The van der Waals surface area contributed by atoms with Gasteiger partial charge in [-0.3, -0.25) is 0 Å². The van der Waals surface area contributed by atoms with Gasteiger partial charge in [-0.1, -0.05) is 32.0 Å². The van der Waals surface area contributed by atoms with Crippen LogP contribution in [0.25, 0.3) is 0 Å². The van der Waals surface area contributed by atoms with E-state index in [1.165, 1.54) is 0 Å². The molecule has 2 rings (SSSR count). The summed E-state index contributed by atoms with van der Waals surface area (Å²) in [7, 11) is 0. The van der Waals surface area contributed by atoms with Crippen molar-refractivity contribution in [2.45, 2.75) is 57.6 Å². The fourth-order valence-electron chi connectivity index (χ4n) is 3.05. The van der Waals surface area contributed by atoms with Gasteiger partial charge in [-0.15, -0.1) is 0 Å². The lowest BCUT2D eigenvalue weighted by molar-refractivity contribution is -0.0104. The van der Waals surface area contributed by atoms with E-state index in [2.05, 4.69) is 19.2 Å². The van der Waals surface area contributed by atoms with Crippen LogP contribution < -0.4 is 10.1 Å². The third-order valence-electron chi connectivity index (χ3n) is 4.16. The summed E-state index contributed by atoms with van der Waals surface area (Å²) < 4.78 is 5.80. The van der Waals surface area contributed by atoms with Gasteiger partial charge >= 0.3 is 0 Å². The molecular formula is C17H27NO2. The van der Waals surface area contributed by atoms with Crippen molar-refractivity contribution in [3.63, 3.8) is 0 Å². The highest BCUT2D eigenvalue weighted by Crippen LogP contribution is 2.41. The third-order valence-corrected chi connectivity index (χ3v) is 4.16. The number of nitrogens with one attached hydrogen (secondary N) is 1. The Morgan fingerprint density at radius 3 is 2.60 bits per heavy atom. The molecule has 3 heteroatoms. The van der Waals surface area contributed by atoms with Crippen molar-refractivity contribution in [3.05, 3.63) is 29.8 Å². The Bertz CT molecular complexity index is 411. The van der Waals surface area contributed by atoms with Crippen molar-refractivity contribution in [1.29, 1.82) is 0 Å². The van der Waals surface area contributed by atoms with Gasteiger partial charge in [0, 0.05) is 11.6 Å². The van der Waals surface area contributed by atoms with E-state index in [1.807, 2.05) is 24.3 Å². The molecule has 0 heterocycles. The molecule has 2 N–H and O–H groups in total. The number of hydrogen-bond donors (Lipinski definition) is 2. The number of aliphatic hydroxyl groups is 1. The molecular weight excluding hydrogens is 250 g/mol. The van der Waals surface area contributed by atoms with Gasteiger partial charge in [0.2, 0.25) is 0 Å². The van der Waals surface area contributed by atoms with Gasteiger partial charge in [-0.2, -0.15) is 0 Å². The van der Waals surface area contributed by atoms with Crippen LogP contribution in [0.5, 0.6) is 5.75 Å². The highest BCUT2D eigenvalue weighted by molar-refractivity contribution is 5.38. The predicted molar refractivity (Wildman–Crippen MR) is 82.1 cm³/mol. The monoisotopic (exact) mass is 277 g/mol. The maximum absolute atomic E-state index is 11.0. The first-order chi connectivity index (χ1) is 9.69. The Balaban J connectivity index is 2.10. The molecule has 0 spiro atoms. The number of ether oxygens (including phenoxy) is 1. The van der Waals surface area contributed by atoms with Gasteiger partial charge in [0.1, 0.15) is 5.75 Å². The third kappa shape index (κ3) is 3.53. The van der Waals surface area contributed by atoms with Crippen LogP contribution in [-0.2, 0) is 5.60 Å². The topological polar surface area (TPSA) is 41.5 Å². The molecule has 0 saturated heterocycles. The Morgan fingerprint density at radius 2 is 1.95 bits per heavy atom. The molecule has 1 fully saturated rings. The van der Waals surface area contributed by atoms with Crippen LogP contribution in [0.1, 0.15) is 51.5 Å². The molecule has 0 radical (unpaired) electrons. The molecule has 1 aliphatic rings. The summed E-state index contributed by atoms with van der Waals surface area (Å²) >= 11 is 0. The van der Waals surface area contributed by atoms with E-state index in [9.17, 15) is 5.11 Å². The van der Waals surface area contributed by atoms with Crippen LogP contribution in [0.4, 0.5) is 0 Å². The zero-order chi connectivity index (χ0) is 14.4. The van der Waals surface area contributed by atoms with Crippen LogP contribution in [0.2, 0.25) is 0 Å². The number of rotatable bonds is 6. The van der Waals surface area contributed by atoms with Crippen molar-refractivity contribution in [2.24, 2.45) is 0 Å². The molecule has 1 saturated carbocycles. The summed E-state index contributed by atoms with van der Waals surface area (Å²) in [5.74, 6) is 0.846. The first-order valence-corrected chi connectivity index (χ1v) is 7.87. The smallest absolute Gasteiger partial charge is 0.125 e. The van der Waals surface area contributed by atoms with Crippen LogP contribution in [0, 0.1) is 0 Å². The van der Waals surface area contributed by atoms with Gasteiger partial charge in [-0.05, 0) is 44.7 Å². The van der Waals surface area contributed by atoms with Crippen molar-refractivity contribution in [2.75, 3.05) is 13.2 Å². The minimum absolute atomic E-state index is 0.545. The highest BCUT2D eigenvalue weighted by atomic mass is 16.5. The van der Waals surface area contributed by atoms with Crippen molar-refractivity contribution >= 4 is 0 Å². The van der Waals surface area contributed by atoms with Crippen LogP contribution >= 0.6 is 0 Å². The van der Waals surface area contributed by atoms with E-state index < -0.39 is 5.60 Å². The molecule has 1 aromatic rings. The van der Waals surface area contributed by atoms with E-state index in [4.69, 9.17) is 4.74 Å². The lowest BCUT2D eigenvalue weighted by Gasteiger charge is -2.37. The van der Waals surface area contributed by atoms with Crippen molar-refractivity contribution < 1.29 is 9.84 Å². The molecule has 0 aliphatic heterocycles. The summed E-state index contributed by atoms with van der Waals surface area (Å²) in [5, 5.41) is 14.5. The van der Waals surface area contributed by atoms with Gasteiger partial charge in [-0.25, -0.2) is 0 Å². The molecule has 1 aromatic carbocycles. The molecule has 0 atom stereocenters. The average molecular weight is 277 g/mol. The van der Waals surface area contributed by atoms with E-state index in [-0.39, 0.29) is 0 Å². The molecule has 0 amide bonds. The summed E-state index contributed by atoms with van der Waals surface area (Å²) in [6.07, 6.45) is 4.63. The zero-order valence-corrected chi connectivity index (χ0v) is 12.7. The fraction of sp³-hybridized carbons (Fsp3) is 0.647. The quantitative estimate of drug-likeness (QED) is 0.839. The van der Waals surface area contributed by atoms with Crippen molar-refractivity contribution in [3.8, 4) is 5.75 Å². The van der Waals surface area contributed by atoms with E-state index >= 15 is 0 Å². The summed E-state index contributed by atoms with van der Waals surface area (Å²) in [4.78, 5) is 0. The lowest BCUT2D eigenvalue weighted by atomic mass is 9.77. The summed E-state index contributed by atoms with van der Waals surface area (Å²) in [6.45, 7) is 5.93. The predicted octanol–water partition coefficient (Wildman–Crippen LogP) is 3.22. The molecule has 20 heavy (non-hydrogen) atoms. The largest absolute Gasteiger partial charge is 0.493 e. The molecule has 1 aliphatic carbocycles. The second-order valence-corrected chi connectivity index (χ2v) is 5.71. The Kier molecular flexibility index (Phi) is 5.44. The van der Waals surface area contributed by atoms with E-state index in [0.717, 1.165) is 50.0 Å². The zero-order valence-electron chi connectivity index (χ0n) is 12.7. The summed E-state index contributed by atoms with van der Waals surface area (Å²) in [5.41, 5.74) is 0.236. The molecule has 0 unspecified atom stereocenters. The van der Waals surface area contributed by atoms with E-state index in [1.54, 1.807) is 0 Å². The highest BCUT2D eigenvalue weighted by Gasteiger charge is 2.36. The van der Waals surface area contributed by atoms with Gasteiger partial charge in [0.25, 0.3) is 0 Å². The average Bonchev–Trinajstić information content (AvgIpc) is 2.48. The fourth-order valence-corrected chi connectivity index (χ4v) is 3.05. The molecule has 0 aromatic heterocycles. The maximum atomic E-state index is 11.0. The van der Waals surface area contributed by atoms with Gasteiger partial charge < -0.3 is 15.2 Å². The van der Waals surface area contributed by atoms with E-state index in [0.29, 0.717) is 12.6 Å². The minimum Gasteiger partial charge on any atom is -0.493 e. The first kappa shape index (κ1) is 15.3. The van der Waals surface area contributed by atoms with Crippen LogP contribution in [0.3, 0.4) is 0 Å². The first-order valence-electron chi connectivity index (χ1n) is 7.87. The second kappa shape index (κ2) is 7.09. The number of para-hydroxylation sites is 1. The minimum atomic E-state index is -0.726. The maximum Gasteiger partial charge on any atom is 0.125 e. The number of hydrogen-bond acceptors (Lipinski definition) is 3. The standard InChI is InChI=1S/C17H27NO2/c1-3-13-20-16-8-6-5-7-15(16)17(19)11-9-14(10-12-17)18-4-2/h5-8,14,18-19H,3-4,9-13H2,1-2H3. The number of benzene rings is 1. The summed E-state index contributed by atoms with van der Waals surface area (Å²) in [6, 6.07) is 8.49.